The van der Waals surface area contributed by atoms with Crippen LogP contribution in [0.5, 0.6) is 5.88 Å². The fourth-order valence-electron chi connectivity index (χ4n) is 3.04. The second kappa shape index (κ2) is 7.33. The number of fused-ring (bicyclic) bond motifs is 1. The zero-order valence-corrected chi connectivity index (χ0v) is 14.9. The summed E-state index contributed by atoms with van der Waals surface area (Å²) in [6.07, 6.45) is 1.58. The summed E-state index contributed by atoms with van der Waals surface area (Å²) in [6, 6.07) is 23.1. The van der Waals surface area contributed by atoms with Crippen molar-refractivity contribution in [3.63, 3.8) is 0 Å². The van der Waals surface area contributed by atoms with E-state index in [1.165, 1.54) is 0 Å². The number of anilines is 2. The van der Waals surface area contributed by atoms with Gasteiger partial charge < -0.3 is 10.1 Å². The lowest BCUT2D eigenvalue weighted by Gasteiger charge is -2.18. The van der Waals surface area contributed by atoms with Gasteiger partial charge in [-0.15, -0.1) is 0 Å². The summed E-state index contributed by atoms with van der Waals surface area (Å²) in [5.41, 5.74) is 2.49. The third-order valence-corrected chi connectivity index (χ3v) is 4.22. The molecule has 0 unspecified atom stereocenters. The smallest absolute Gasteiger partial charge is 0.215 e. The number of rotatable bonds is 5. The van der Waals surface area contributed by atoms with Crippen LogP contribution >= 0.6 is 0 Å². The lowest BCUT2D eigenvalue weighted by atomic mass is 10.2. The topological polar surface area (TPSA) is 56.1 Å². The molecular formula is C22H19N3O2. The van der Waals surface area contributed by atoms with E-state index >= 15 is 0 Å². The molecule has 0 amide bonds. The van der Waals surface area contributed by atoms with Crippen LogP contribution in [0.25, 0.3) is 16.6 Å². The van der Waals surface area contributed by atoms with Crippen LogP contribution in [0.3, 0.4) is 0 Å². The van der Waals surface area contributed by atoms with E-state index in [9.17, 15) is 4.79 Å². The monoisotopic (exact) mass is 357 g/mol. The lowest BCUT2D eigenvalue weighted by molar-refractivity contribution is 0.327. The SMILES string of the molecule is CCOc1cc2c(cn1)c(=O)cc(Nc1ccccc1)n2-c1ccccc1. The zero-order valence-electron chi connectivity index (χ0n) is 14.9. The predicted octanol–water partition coefficient (Wildman–Crippen LogP) is 4.53. The summed E-state index contributed by atoms with van der Waals surface area (Å²) < 4.78 is 7.56. The molecule has 5 nitrogen and oxygen atoms in total. The number of pyridine rings is 2. The van der Waals surface area contributed by atoms with Gasteiger partial charge in [0, 0.05) is 29.7 Å². The molecular weight excluding hydrogens is 338 g/mol. The lowest BCUT2D eigenvalue weighted by Crippen LogP contribution is -2.13. The Hall–Kier alpha value is -3.60. The average molecular weight is 357 g/mol. The summed E-state index contributed by atoms with van der Waals surface area (Å²) in [7, 11) is 0. The van der Waals surface area contributed by atoms with Gasteiger partial charge in [0.15, 0.2) is 5.43 Å². The van der Waals surface area contributed by atoms with Crippen LogP contribution in [-0.4, -0.2) is 16.2 Å². The summed E-state index contributed by atoms with van der Waals surface area (Å²) >= 11 is 0. The van der Waals surface area contributed by atoms with Crippen molar-refractivity contribution in [3.05, 3.63) is 89.2 Å². The number of hydrogen-bond acceptors (Lipinski definition) is 4. The average Bonchev–Trinajstić information content (AvgIpc) is 2.70. The fourth-order valence-corrected chi connectivity index (χ4v) is 3.04. The van der Waals surface area contributed by atoms with Gasteiger partial charge in [0.25, 0.3) is 0 Å². The maximum atomic E-state index is 12.7. The highest BCUT2D eigenvalue weighted by atomic mass is 16.5. The summed E-state index contributed by atoms with van der Waals surface area (Å²) in [5, 5.41) is 3.90. The molecule has 0 fully saturated rings. The molecule has 4 aromatic rings. The highest BCUT2D eigenvalue weighted by molar-refractivity contribution is 5.84. The predicted molar refractivity (Wildman–Crippen MR) is 108 cm³/mol. The van der Waals surface area contributed by atoms with E-state index in [4.69, 9.17) is 4.74 Å². The second-order valence-corrected chi connectivity index (χ2v) is 6.03. The van der Waals surface area contributed by atoms with E-state index < -0.39 is 0 Å². The van der Waals surface area contributed by atoms with Crippen molar-refractivity contribution >= 4 is 22.4 Å². The number of benzene rings is 2. The molecule has 0 bridgehead atoms. The first-order chi connectivity index (χ1) is 13.3. The molecule has 134 valence electrons. The minimum Gasteiger partial charge on any atom is -0.478 e. The van der Waals surface area contributed by atoms with Crippen LogP contribution in [0.4, 0.5) is 11.5 Å². The van der Waals surface area contributed by atoms with Crippen molar-refractivity contribution in [3.8, 4) is 11.6 Å². The molecule has 4 rings (SSSR count). The van der Waals surface area contributed by atoms with Crippen LogP contribution < -0.4 is 15.5 Å². The fraction of sp³-hybridized carbons (Fsp3) is 0.0909. The number of ether oxygens (including phenoxy) is 1. The van der Waals surface area contributed by atoms with Gasteiger partial charge in [-0.1, -0.05) is 36.4 Å². The van der Waals surface area contributed by atoms with E-state index in [1.54, 1.807) is 12.3 Å². The molecule has 0 spiro atoms. The van der Waals surface area contributed by atoms with Crippen molar-refractivity contribution < 1.29 is 4.74 Å². The first-order valence-electron chi connectivity index (χ1n) is 8.82. The van der Waals surface area contributed by atoms with Crippen molar-refractivity contribution in [2.45, 2.75) is 6.92 Å². The Bertz CT molecular complexity index is 1120. The Morgan fingerprint density at radius 2 is 1.70 bits per heavy atom. The third kappa shape index (κ3) is 3.40. The van der Waals surface area contributed by atoms with Gasteiger partial charge in [0.05, 0.1) is 17.5 Å². The molecule has 27 heavy (non-hydrogen) atoms. The van der Waals surface area contributed by atoms with Crippen molar-refractivity contribution in [2.24, 2.45) is 0 Å². The van der Waals surface area contributed by atoms with Crippen LogP contribution in [0.2, 0.25) is 0 Å². The molecule has 0 saturated heterocycles. The van der Waals surface area contributed by atoms with E-state index in [0.29, 0.717) is 23.7 Å². The maximum absolute atomic E-state index is 12.7. The molecule has 0 aliphatic heterocycles. The molecule has 2 aromatic heterocycles. The van der Waals surface area contributed by atoms with Gasteiger partial charge in [0.2, 0.25) is 5.88 Å². The molecule has 0 atom stereocenters. The normalized spacial score (nSPS) is 10.7. The molecule has 0 radical (unpaired) electrons. The Morgan fingerprint density at radius 3 is 2.41 bits per heavy atom. The van der Waals surface area contributed by atoms with Crippen LogP contribution in [0.15, 0.2) is 83.8 Å². The van der Waals surface area contributed by atoms with Crippen molar-refractivity contribution in [1.29, 1.82) is 0 Å². The number of hydrogen-bond donors (Lipinski definition) is 1. The molecule has 0 aliphatic rings. The minimum atomic E-state index is -0.0915. The molecule has 5 heteroatoms. The Labute approximate surface area is 156 Å². The maximum Gasteiger partial charge on any atom is 0.215 e. The van der Waals surface area contributed by atoms with Crippen LogP contribution in [-0.2, 0) is 0 Å². The second-order valence-electron chi connectivity index (χ2n) is 6.03. The van der Waals surface area contributed by atoms with Gasteiger partial charge in [-0.3, -0.25) is 9.36 Å². The standard InChI is InChI=1S/C22H19N3O2/c1-2-27-22-13-19-18(15-23-22)20(26)14-21(24-16-9-5-3-6-10-16)25(19)17-11-7-4-8-12-17/h3-15,24H,2H2,1H3. The first kappa shape index (κ1) is 16.8. The van der Waals surface area contributed by atoms with Crippen LogP contribution in [0, 0.1) is 0 Å². The summed E-state index contributed by atoms with van der Waals surface area (Å²) in [5.74, 6) is 1.17. The van der Waals surface area contributed by atoms with Gasteiger partial charge in [-0.05, 0) is 31.2 Å². The number of aromatic nitrogens is 2. The Morgan fingerprint density at radius 1 is 1.00 bits per heavy atom. The summed E-state index contributed by atoms with van der Waals surface area (Å²) in [4.78, 5) is 17.0. The highest BCUT2D eigenvalue weighted by Gasteiger charge is 2.13. The van der Waals surface area contributed by atoms with E-state index in [-0.39, 0.29) is 5.43 Å². The van der Waals surface area contributed by atoms with Crippen molar-refractivity contribution in [2.75, 3.05) is 11.9 Å². The molecule has 2 heterocycles. The molecule has 0 saturated carbocycles. The molecule has 0 aliphatic carbocycles. The largest absolute Gasteiger partial charge is 0.478 e. The quantitative estimate of drug-likeness (QED) is 0.570. The third-order valence-electron chi connectivity index (χ3n) is 4.22. The van der Waals surface area contributed by atoms with Gasteiger partial charge in [-0.25, -0.2) is 4.98 Å². The Balaban J connectivity index is 1.99. The molecule has 1 N–H and O–H groups in total. The van der Waals surface area contributed by atoms with E-state index in [1.807, 2.05) is 78.2 Å². The first-order valence-corrected chi connectivity index (χ1v) is 8.82. The van der Waals surface area contributed by atoms with Gasteiger partial charge in [-0.2, -0.15) is 0 Å². The van der Waals surface area contributed by atoms with E-state index in [2.05, 4.69) is 10.3 Å². The number of nitrogens with zero attached hydrogens (tertiary/aromatic N) is 2. The summed E-state index contributed by atoms with van der Waals surface area (Å²) in [6.45, 7) is 2.42. The van der Waals surface area contributed by atoms with Gasteiger partial charge >= 0.3 is 0 Å². The zero-order chi connectivity index (χ0) is 18.6. The number of nitrogens with one attached hydrogen (secondary N) is 1. The molecule has 2 aromatic carbocycles. The minimum absolute atomic E-state index is 0.0915. The van der Waals surface area contributed by atoms with Gasteiger partial charge in [0.1, 0.15) is 5.82 Å². The van der Waals surface area contributed by atoms with Crippen molar-refractivity contribution in [1.82, 2.24) is 9.55 Å². The van der Waals surface area contributed by atoms with E-state index in [0.717, 1.165) is 16.9 Å². The highest BCUT2D eigenvalue weighted by Crippen LogP contribution is 2.26. The number of para-hydroxylation sites is 2. The Kier molecular flexibility index (Phi) is 4.58. The van der Waals surface area contributed by atoms with Crippen LogP contribution in [0.1, 0.15) is 6.92 Å².